The fourth-order valence-corrected chi connectivity index (χ4v) is 3.23. The highest BCUT2D eigenvalue weighted by Crippen LogP contribution is 2.29. The molecule has 0 saturated carbocycles. The minimum Gasteiger partial charge on any atom is -0.457 e. The summed E-state index contributed by atoms with van der Waals surface area (Å²) in [5.41, 5.74) is 3.03. The number of ether oxygens (including phenoxy) is 1. The van der Waals surface area contributed by atoms with Crippen LogP contribution in [-0.4, -0.2) is 11.1 Å². The molecule has 0 aliphatic heterocycles. The van der Waals surface area contributed by atoms with Crippen LogP contribution in [0.2, 0.25) is 5.02 Å². The molecule has 26 heavy (non-hydrogen) atoms. The third-order valence-corrected chi connectivity index (χ3v) is 4.94. The number of aryl methyl sites for hydroxylation is 1. The van der Waals surface area contributed by atoms with Crippen LogP contribution in [0.3, 0.4) is 0 Å². The molecule has 1 unspecified atom stereocenters. The number of carbonyl (C=O) groups excluding carboxylic acids is 1. The molecule has 0 saturated heterocycles. The second-order valence-corrected chi connectivity index (χ2v) is 7.24. The number of carbonyl (C=O) groups is 1. The maximum absolute atomic E-state index is 12.5. The Balaban J connectivity index is 1.77. The van der Waals surface area contributed by atoms with Gasteiger partial charge in [-0.15, -0.1) is 0 Å². The second kappa shape index (κ2) is 8.06. The van der Waals surface area contributed by atoms with Gasteiger partial charge in [0.05, 0.1) is 12.1 Å². The van der Waals surface area contributed by atoms with Gasteiger partial charge in [0.25, 0.3) is 0 Å². The van der Waals surface area contributed by atoms with Crippen molar-refractivity contribution in [2.45, 2.75) is 26.4 Å². The molecule has 134 valence electrons. The van der Waals surface area contributed by atoms with Crippen LogP contribution in [0, 0.1) is 6.92 Å². The van der Waals surface area contributed by atoms with Gasteiger partial charge in [0.15, 0.2) is 5.76 Å². The number of hydrogen-bond donors (Lipinski definition) is 0. The lowest BCUT2D eigenvalue weighted by atomic mass is 10.0. The van der Waals surface area contributed by atoms with Crippen LogP contribution in [0.5, 0.6) is 0 Å². The summed E-state index contributed by atoms with van der Waals surface area (Å²) in [5.74, 6) is 0.222. The highest BCUT2D eigenvalue weighted by molar-refractivity contribution is 9.10. The van der Waals surface area contributed by atoms with Crippen LogP contribution in [0.25, 0.3) is 11.3 Å². The van der Waals surface area contributed by atoms with Crippen molar-refractivity contribution < 1.29 is 14.1 Å². The van der Waals surface area contributed by atoms with Crippen LogP contribution >= 0.6 is 27.5 Å². The van der Waals surface area contributed by atoms with Gasteiger partial charge in [-0.05, 0) is 32.0 Å². The van der Waals surface area contributed by atoms with Gasteiger partial charge < -0.3 is 9.26 Å². The Morgan fingerprint density at radius 3 is 2.62 bits per heavy atom. The van der Waals surface area contributed by atoms with Gasteiger partial charge in [0, 0.05) is 26.2 Å². The summed E-state index contributed by atoms with van der Waals surface area (Å²) < 4.78 is 12.0. The SMILES string of the molecule is Cc1noc(-c2ccc(Br)cc2)c1CC(=O)OC(C)c1ccccc1Cl. The summed E-state index contributed by atoms with van der Waals surface area (Å²) in [4.78, 5) is 12.5. The number of aromatic nitrogens is 1. The molecule has 0 amide bonds. The molecule has 0 fully saturated rings. The van der Waals surface area contributed by atoms with Gasteiger partial charge >= 0.3 is 5.97 Å². The van der Waals surface area contributed by atoms with Crippen molar-refractivity contribution in [1.82, 2.24) is 5.16 Å². The van der Waals surface area contributed by atoms with Crippen molar-refractivity contribution in [2.75, 3.05) is 0 Å². The van der Waals surface area contributed by atoms with Crippen LogP contribution in [0.4, 0.5) is 0 Å². The third kappa shape index (κ3) is 4.17. The highest BCUT2D eigenvalue weighted by atomic mass is 79.9. The zero-order chi connectivity index (χ0) is 18.7. The van der Waals surface area contributed by atoms with E-state index in [0.717, 1.165) is 21.2 Å². The zero-order valence-corrected chi connectivity index (χ0v) is 16.7. The van der Waals surface area contributed by atoms with E-state index in [0.29, 0.717) is 16.5 Å². The highest BCUT2D eigenvalue weighted by Gasteiger charge is 2.21. The Hall–Kier alpha value is -2.11. The van der Waals surface area contributed by atoms with Crippen LogP contribution < -0.4 is 0 Å². The average Bonchev–Trinajstić information content (AvgIpc) is 2.96. The fourth-order valence-electron chi connectivity index (χ4n) is 2.68. The van der Waals surface area contributed by atoms with Crippen molar-refractivity contribution >= 4 is 33.5 Å². The van der Waals surface area contributed by atoms with E-state index in [1.807, 2.05) is 49.4 Å². The van der Waals surface area contributed by atoms with Crippen LogP contribution in [0.1, 0.15) is 29.8 Å². The van der Waals surface area contributed by atoms with Crippen molar-refractivity contribution in [3.05, 3.63) is 74.8 Å². The molecule has 0 radical (unpaired) electrons. The molecule has 0 spiro atoms. The van der Waals surface area contributed by atoms with E-state index < -0.39 is 6.10 Å². The Bertz CT molecular complexity index is 921. The first-order valence-corrected chi connectivity index (χ1v) is 9.28. The lowest BCUT2D eigenvalue weighted by molar-refractivity contribution is -0.147. The molecule has 0 N–H and O–H groups in total. The van der Waals surface area contributed by atoms with Gasteiger partial charge in [0.2, 0.25) is 0 Å². The summed E-state index contributed by atoms with van der Waals surface area (Å²) >= 11 is 9.57. The third-order valence-electron chi connectivity index (χ3n) is 4.06. The van der Waals surface area contributed by atoms with Crippen molar-refractivity contribution in [3.8, 4) is 11.3 Å². The van der Waals surface area contributed by atoms with Crippen LogP contribution in [0.15, 0.2) is 57.5 Å². The molecule has 3 rings (SSSR count). The molecule has 2 aromatic carbocycles. The fraction of sp³-hybridized carbons (Fsp3) is 0.200. The first-order chi connectivity index (χ1) is 12.5. The van der Waals surface area contributed by atoms with Gasteiger partial charge in [-0.2, -0.15) is 0 Å². The van der Waals surface area contributed by atoms with Crippen LogP contribution in [-0.2, 0) is 16.0 Å². The number of esters is 1. The monoisotopic (exact) mass is 433 g/mol. The lowest BCUT2D eigenvalue weighted by Crippen LogP contribution is -2.12. The Kier molecular flexibility index (Phi) is 5.79. The summed E-state index contributed by atoms with van der Waals surface area (Å²) in [6.07, 6.45) is -0.359. The van der Waals surface area contributed by atoms with Crippen molar-refractivity contribution in [1.29, 1.82) is 0 Å². The predicted octanol–water partition coefficient (Wildman–Crippen LogP) is 5.91. The van der Waals surface area contributed by atoms with Crippen molar-refractivity contribution in [3.63, 3.8) is 0 Å². The van der Waals surface area contributed by atoms with E-state index in [9.17, 15) is 4.79 Å². The van der Waals surface area contributed by atoms with Gasteiger partial charge in [-0.3, -0.25) is 4.79 Å². The van der Waals surface area contributed by atoms with E-state index >= 15 is 0 Å². The van der Waals surface area contributed by atoms with Crippen molar-refractivity contribution in [2.24, 2.45) is 0 Å². The Morgan fingerprint density at radius 1 is 1.23 bits per heavy atom. The molecule has 0 bridgehead atoms. The molecular formula is C20H17BrClNO3. The average molecular weight is 435 g/mol. The first-order valence-electron chi connectivity index (χ1n) is 8.10. The lowest BCUT2D eigenvalue weighted by Gasteiger charge is -2.15. The number of hydrogen-bond acceptors (Lipinski definition) is 4. The first kappa shape index (κ1) is 18.7. The number of halogens is 2. The molecule has 0 aliphatic rings. The summed E-state index contributed by atoms with van der Waals surface area (Å²) in [6.45, 7) is 3.61. The van der Waals surface area contributed by atoms with Gasteiger partial charge in [-0.1, -0.05) is 63.0 Å². The van der Waals surface area contributed by atoms with Gasteiger partial charge in [0.1, 0.15) is 6.10 Å². The Labute approximate surface area is 165 Å². The minimum atomic E-state index is -0.438. The molecule has 1 atom stereocenters. The molecule has 6 heteroatoms. The molecular weight excluding hydrogens is 418 g/mol. The van der Waals surface area contributed by atoms with E-state index in [4.69, 9.17) is 20.9 Å². The zero-order valence-electron chi connectivity index (χ0n) is 14.3. The van der Waals surface area contributed by atoms with E-state index in [1.165, 1.54) is 0 Å². The smallest absolute Gasteiger partial charge is 0.311 e. The molecule has 1 aromatic heterocycles. The predicted molar refractivity (Wildman–Crippen MR) is 104 cm³/mol. The molecule has 4 nitrogen and oxygen atoms in total. The standard InChI is InChI=1S/C20H17BrClNO3/c1-12-17(20(26-23-12)14-7-9-15(21)10-8-14)11-19(24)25-13(2)16-5-3-4-6-18(16)22/h3-10,13H,11H2,1-2H3. The quantitative estimate of drug-likeness (QED) is 0.468. The number of nitrogens with zero attached hydrogens (tertiary/aromatic N) is 1. The summed E-state index contributed by atoms with van der Waals surface area (Å²) in [7, 11) is 0. The normalized spacial score (nSPS) is 12.0. The molecule has 0 aliphatic carbocycles. The molecule has 1 heterocycles. The maximum atomic E-state index is 12.5. The van der Waals surface area contributed by atoms with E-state index in [-0.39, 0.29) is 12.4 Å². The topological polar surface area (TPSA) is 52.3 Å². The minimum absolute atomic E-state index is 0.0789. The second-order valence-electron chi connectivity index (χ2n) is 5.91. The van der Waals surface area contributed by atoms with E-state index in [2.05, 4.69) is 21.1 Å². The van der Waals surface area contributed by atoms with E-state index in [1.54, 1.807) is 13.0 Å². The summed E-state index contributed by atoms with van der Waals surface area (Å²) in [5, 5.41) is 4.58. The molecule has 3 aromatic rings. The largest absolute Gasteiger partial charge is 0.457 e. The Morgan fingerprint density at radius 2 is 1.92 bits per heavy atom. The van der Waals surface area contributed by atoms with Gasteiger partial charge in [-0.25, -0.2) is 0 Å². The summed E-state index contributed by atoms with van der Waals surface area (Å²) in [6, 6.07) is 15.0. The number of benzene rings is 2. The number of rotatable bonds is 5. The maximum Gasteiger partial charge on any atom is 0.311 e.